The lowest BCUT2D eigenvalue weighted by Gasteiger charge is -2.37. The molecular weight excluding hydrogens is 289 g/mol. The third kappa shape index (κ3) is 2.12. The predicted molar refractivity (Wildman–Crippen MR) is 75.9 cm³/mol. The number of fused-ring (bicyclic) bond motifs is 1. The Kier molecular flexibility index (Phi) is 2.86. The van der Waals surface area contributed by atoms with Crippen LogP contribution in [0.5, 0.6) is 0 Å². The summed E-state index contributed by atoms with van der Waals surface area (Å²) in [5.41, 5.74) is 1.63. The van der Waals surface area contributed by atoms with E-state index in [1.165, 1.54) is 12.1 Å². The van der Waals surface area contributed by atoms with Gasteiger partial charge in [-0.05, 0) is 19.1 Å². The number of benzene rings is 1. The molecule has 3 aromatic rings. The number of aliphatic hydroxyl groups excluding tert-OH is 1. The summed E-state index contributed by atoms with van der Waals surface area (Å²) in [4.78, 5) is 6.24. The smallest absolute Gasteiger partial charge is 0.298 e. The molecule has 7 nitrogen and oxygen atoms in total. The lowest BCUT2D eigenvalue weighted by Crippen LogP contribution is -2.48. The molecule has 1 saturated heterocycles. The highest BCUT2D eigenvalue weighted by Crippen LogP contribution is 2.30. The largest absolute Gasteiger partial charge is 0.423 e. The summed E-state index contributed by atoms with van der Waals surface area (Å²) in [5.74, 6) is -0.331. The number of aliphatic hydroxyl groups is 1. The van der Waals surface area contributed by atoms with E-state index in [0.29, 0.717) is 35.9 Å². The summed E-state index contributed by atoms with van der Waals surface area (Å²) in [6.07, 6.45) is 1.12. The fraction of sp³-hybridized carbons (Fsp3) is 0.357. The minimum Gasteiger partial charge on any atom is -0.423 e. The van der Waals surface area contributed by atoms with Crippen LogP contribution in [0.1, 0.15) is 24.8 Å². The van der Waals surface area contributed by atoms with Gasteiger partial charge in [0.2, 0.25) is 0 Å². The first-order chi connectivity index (χ1) is 10.6. The molecular formula is C14H14FN5O2. The van der Waals surface area contributed by atoms with Crippen molar-refractivity contribution in [2.45, 2.75) is 19.1 Å². The van der Waals surface area contributed by atoms with Gasteiger partial charge in [-0.25, -0.2) is 9.07 Å². The first-order valence-corrected chi connectivity index (χ1v) is 7.01. The standard InChI is InChI=1S/C14H14FN5O2/c1-8(21)12-7-20(18-17-12)10-5-19(6-10)14-16-11-4-9(15)2-3-13(11)22-14/h2-4,7-8,10,21H,5-6H2,1H3. The fourth-order valence-corrected chi connectivity index (χ4v) is 2.46. The van der Waals surface area contributed by atoms with Gasteiger partial charge >= 0.3 is 0 Å². The van der Waals surface area contributed by atoms with Crippen LogP contribution in [0.15, 0.2) is 28.8 Å². The normalized spacial score (nSPS) is 17.0. The predicted octanol–water partition coefficient (Wildman–Crippen LogP) is 1.67. The molecule has 22 heavy (non-hydrogen) atoms. The number of halogens is 1. The Balaban J connectivity index is 1.49. The zero-order valence-corrected chi connectivity index (χ0v) is 11.8. The van der Waals surface area contributed by atoms with Crippen molar-refractivity contribution in [3.05, 3.63) is 35.9 Å². The van der Waals surface area contributed by atoms with Crippen molar-refractivity contribution in [3.63, 3.8) is 0 Å². The Morgan fingerprint density at radius 2 is 2.23 bits per heavy atom. The maximum absolute atomic E-state index is 13.2. The van der Waals surface area contributed by atoms with Gasteiger partial charge in [0.1, 0.15) is 17.0 Å². The fourth-order valence-electron chi connectivity index (χ4n) is 2.46. The van der Waals surface area contributed by atoms with Gasteiger partial charge in [-0.2, -0.15) is 4.98 Å². The molecule has 1 atom stereocenters. The zero-order chi connectivity index (χ0) is 15.3. The van der Waals surface area contributed by atoms with Crippen molar-refractivity contribution < 1.29 is 13.9 Å². The number of aromatic nitrogens is 4. The second-order valence-corrected chi connectivity index (χ2v) is 5.47. The van der Waals surface area contributed by atoms with Crippen molar-refractivity contribution in [3.8, 4) is 0 Å². The lowest BCUT2D eigenvalue weighted by molar-refractivity contribution is 0.194. The van der Waals surface area contributed by atoms with Crippen LogP contribution in [0.3, 0.4) is 0 Å². The monoisotopic (exact) mass is 303 g/mol. The molecule has 1 N–H and O–H groups in total. The van der Waals surface area contributed by atoms with Crippen LogP contribution < -0.4 is 4.90 Å². The maximum atomic E-state index is 13.2. The molecule has 2 aromatic heterocycles. The van der Waals surface area contributed by atoms with Gasteiger partial charge in [0.05, 0.1) is 18.3 Å². The second-order valence-electron chi connectivity index (χ2n) is 5.47. The summed E-state index contributed by atoms with van der Waals surface area (Å²) in [6.45, 7) is 3.01. The van der Waals surface area contributed by atoms with E-state index >= 15 is 0 Å². The molecule has 0 saturated carbocycles. The van der Waals surface area contributed by atoms with Gasteiger partial charge in [0.25, 0.3) is 6.01 Å². The van der Waals surface area contributed by atoms with E-state index in [4.69, 9.17) is 4.42 Å². The number of oxazole rings is 1. The minimum absolute atomic E-state index is 0.159. The van der Waals surface area contributed by atoms with E-state index < -0.39 is 6.10 Å². The second kappa shape index (κ2) is 4.77. The molecule has 0 radical (unpaired) electrons. The molecule has 3 heterocycles. The Morgan fingerprint density at radius 1 is 1.41 bits per heavy atom. The summed E-state index contributed by atoms with van der Waals surface area (Å²) >= 11 is 0. The van der Waals surface area contributed by atoms with Gasteiger partial charge < -0.3 is 14.4 Å². The number of hydrogen-bond donors (Lipinski definition) is 1. The maximum Gasteiger partial charge on any atom is 0.298 e. The summed E-state index contributed by atoms with van der Waals surface area (Å²) in [7, 11) is 0. The van der Waals surface area contributed by atoms with Gasteiger partial charge in [-0.15, -0.1) is 5.10 Å². The molecule has 0 amide bonds. The van der Waals surface area contributed by atoms with E-state index in [1.807, 2.05) is 4.90 Å². The number of nitrogens with zero attached hydrogens (tertiary/aromatic N) is 5. The molecule has 8 heteroatoms. The molecule has 0 bridgehead atoms. The molecule has 1 fully saturated rings. The average molecular weight is 303 g/mol. The third-order valence-corrected chi connectivity index (χ3v) is 3.80. The van der Waals surface area contributed by atoms with Crippen LogP contribution >= 0.6 is 0 Å². The van der Waals surface area contributed by atoms with Crippen molar-refractivity contribution in [1.82, 2.24) is 20.0 Å². The van der Waals surface area contributed by atoms with Gasteiger partial charge in [-0.1, -0.05) is 5.21 Å². The quantitative estimate of drug-likeness (QED) is 0.793. The minimum atomic E-state index is -0.628. The van der Waals surface area contributed by atoms with Crippen LogP contribution in [0.4, 0.5) is 10.4 Å². The molecule has 0 spiro atoms. The molecule has 0 aliphatic carbocycles. The first-order valence-electron chi connectivity index (χ1n) is 7.01. The Hall–Kier alpha value is -2.48. The van der Waals surface area contributed by atoms with Crippen LogP contribution in [0, 0.1) is 5.82 Å². The van der Waals surface area contributed by atoms with Crippen LogP contribution in [-0.4, -0.2) is 38.2 Å². The Labute approximate surface area is 125 Å². The van der Waals surface area contributed by atoms with E-state index in [0.717, 1.165) is 0 Å². The van der Waals surface area contributed by atoms with Gasteiger partial charge in [-0.3, -0.25) is 0 Å². The summed E-state index contributed by atoms with van der Waals surface area (Å²) in [5, 5.41) is 17.4. The van der Waals surface area contributed by atoms with Crippen LogP contribution in [0.25, 0.3) is 11.1 Å². The molecule has 1 unspecified atom stereocenters. The van der Waals surface area contributed by atoms with Crippen molar-refractivity contribution in [1.29, 1.82) is 0 Å². The van der Waals surface area contributed by atoms with E-state index in [2.05, 4.69) is 15.3 Å². The van der Waals surface area contributed by atoms with E-state index in [-0.39, 0.29) is 11.9 Å². The molecule has 1 aliphatic rings. The zero-order valence-electron chi connectivity index (χ0n) is 11.8. The Bertz CT molecular complexity index is 822. The highest BCUT2D eigenvalue weighted by atomic mass is 19.1. The van der Waals surface area contributed by atoms with E-state index in [9.17, 15) is 9.50 Å². The van der Waals surface area contributed by atoms with Crippen molar-refractivity contribution >= 4 is 17.1 Å². The highest BCUT2D eigenvalue weighted by molar-refractivity contribution is 5.74. The van der Waals surface area contributed by atoms with Crippen molar-refractivity contribution in [2.24, 2.45) is 0 Å². The summed E-state index contributed by atoms with van der Waals surface area (Å²) in [6, 6.07) is 4.92. The molecule has 4 rings (SSSR count). The summed E-state index contributed by atoms with van der Waals surface area (Å²) < 4.78 is 20.5. The van der Waals surface area contributed by atoms with Crippen molar-refractivity contribution in [2.75, 3.05) is 18.0 Å². The first kappa shape index (κ1) is 13.2. The molecule has 1 aliphatic heterocycles. The Morgan fingerprint density at radius 3 is 2.95 bits per heavy atom. The van der Waals surface area contributed by atoms with Crippen LogP contribution in [-0.2, 0) is 0 Å². The third-order valence-electron chi connectivity index (χ3n) is 3.80. The SMILES string of the molecule is CC(O)c1cn(C2CN(c3nc4cc(F)ccc4o3)C2)nn1. The molecule has 114 valence electrons. The van der Waals surface area contributed by atoms with Gasteiger partial charge in [0, 0.05) is 19.2 Å². The average Bonchev–Trinajstić information content (AvgIpc) is 3.03. The lowest BCUT2D eigenvalue weighted by atomic mass is 10.1. The van der Waals surface area contributed by atoms with Crippen LogP contribution in [0.2, 0.25) is 0 Å². The molecule has 1 aromatic carbocycles. The number of anilines is 1. The number of hydrogen-bond acceptors (Lipinski definition) is 6. The van der Waals surface area contributed by atoms with Gasteiger partial charge in [0.15, 0.2) is 5.58 Å². The highest BCUT2D eigenvalue weighted by Gasteiger charge is 2.32. The topological polar surface area (TPSA) is 80.2 Å². The number of rotatable bonds is 3. The van der Waals surface area contributed by atoms with E-state index in [1.54, 1.807) is 23.9 Å².